The summed E-state index contributed by atoms with van der Waals surface area (Å²) in [5.41, 5.74) is 0. The van der Waals surface area contributed by atoms with Gasteiger partial charge in [-0.15, -0.1) is 0 Å². The second kappa shape index (κ2) is 6.76. The highest BCUT2D eigenvalue weighted by Gasteiger charge is 2.21. The maximum Gasteiger partial charge on any atom is 0.137 e. The summed E-state index contributed by atoms with van der Waals surface area (Å²) in [6, 6.07) is 7.41. The summed E-state index contributed by atoms with van der Waals surface area (Å²) >= 11 is 5.80. The van der Waals surface area contributed by atoms with Gasteiger partial charge in [0.2, 0.25) is 0 Å². The molecule has 1 fully saturated rings. The minimum absolute atomic E-state index is 0.0765. The first-order chi connectivity index (χ1) is 8.79. The Balaban J connectivity index is 1.77. The number of hydrogen-bond acceptors (Lipinski definition) is 3. The van der Waals surface area contributed by atoms with Crippen molar-refractivity contribution in [3.8, 4) is 5.75 Å². The summed E-state index contributed by atoms with van der Waals surface area (Å²) in [6.07, 6.45) is 4.36. The van der Waals surface area contributed by atoms with Crippen LogP contribution in [-0.2, 0) is 4.79 Å². The van der Waals surface area contributed by atoms with E-state index in [1.54, 1.807) is 0 Å². The molecular formula is C14H18ClNO2. The molecule has 1 unspecified atom stereocenters. The number of carbonyl (C=O) groups excluding carboxylic acids is 1. The van der Waals surface area contributed by atoms with E-state index < -0.39 is 0 Å². The quantitative estimate of drug-likeness (QED) is 0.769. The van der Waals surface area contributed by atoms with Crippen LogP contribution in [-0.4, -0.2) is 36.9 Å². The number of piperidine rings is 1. The van der Waals surface area contributed by atoms with Crippen molar-refractivity contribution in [3.05, 3.63) is 29.3 Å². The van der Waals surface area contributed by atoms with Crippen molar-refractivity contribution in [1.82, 2.24) is 4.90 Å². The molecule has 0 aromatic heterocycles. The Bertz CT molecular complexity index is 380. The molecule has 0 bridgehead atoms. The predicted octanol–water partition coefficient (Wildman–Crippen LogP) is 2.77. The number of rotatable bonds is 5. The molecule has 4 heteroatoms. The molecule has 1 aromatic carbocycles. The Morgan fingerprint density at radius 3 is 2.83 bits per heavy atom. The molecule has 0 radical (unpaired) electrons. The van der Waals surface area contributed by atoms with Crippen LogP contribution < -0.4 is 4.74 Å². The second-order valence-corrected chi connectivity index (χ2v) is 4.97. The van der Waals surface area contributed by atoms with Crippen molar-refractivity contribution >= 4 is 17.9 Å². The van der Waals surface area contributed by atoms with Crippen LogP contribution in [0.4, 0.5) is 0 Å². The topological polar surface area (TPSA) is 29.5 Å². The molecule has 2 rings (SSSR count). The number of aldehydes is 1. The summed E-state index contributed by atoms with van der Waals surface area (Å²) in [6.45, 7) is 2.39. The minimum Gasteiger partial charge on any atom is -0.492 e. The summed E-state index contributed by atoms with van der Waals surface area (Å²) < 4.78 is 5.64. The molecular weight excluding hydrogens is 250 g/mol. The van der Waals surface area contributed by atoms with Crippen molar-refractivity contribution < 1.29 is 9.53 Å². The maximum absolute atomic E-state index is 10.9. The van der Waals surface area contributed by atoms with Crippen molar-refractivity contribution in [2.45, 2.75) is 25.3 Å². The van der Waals surface area contributed by atoms with Gasteiger partial charge in [-0.25, -0.2) is 0 Å². The van der Waals surface area contributed by atoms with E-state index in [-0.39, 0.29) is 6.04 Å². The van der Waals surface area contributed by atoms with Gasteiger partial charge in [0, 0.05) is 11.6 Å². The molecule has 18 heavy (non-hydrogen) atoms. The van der Waals surface area contributed by atoms with Gasteiger partial charge in [0.05, 0.1) is 6.04 Å². The Morgan fingerprint density at radius 1 is 1.33 bits per heavy atom. The van der Waals surface area contributed by atoms with Gasteiger partial charge in [0.15, 0.2) is 0 Å². The van der Waals surface area contributed by atoms with E-state index in [9.17, 15) is 4.79 Å². The number of likely N-dealkylation sites (tertiary alicyclic amines) is 1. The van der Waals surface area contributed by atoms with E-state index in [1.165, 1.54) is 6.42 Å². The Morgan fingerprint density at radius 2 is 2.11 bits per heavy atom. The highest BCUT2D eigenvalue weighted by molar-refractivity contribution is 6.30. The standard InChI is InChI=1S/C14H18ClNO2/c15-12-4-6-14(7-5-12)18-10-9-16-8-2-1-3-13(16)11-17/h4-7,11,13H,1-3,8-10H2. The van der Waals surface area contributed by atoms with Crippen LogP contribution in [0.15, 0.2) is 24.3 Å². The summed E-state index contributed by atoms with van der Waals surface area (Å²) in [5.74, 6) is 0.819. The minimum atomic E-state index is 0.0765. The van der Waals surface area contributed by atoms with Crippen LogP contribution in [0.5, 0.6) is 5.75 Å². The van der Waals surface area contributed by atoms with Gasteiger partial charge >= 0.3 is 0 Å². The van der Waals surface area contributed by atoms with Gasteiger partial charge in [-0.05, 0) is 43.7 Å². The van der Waals surface area contributed by atoms with Crippen LogP contribution in [0.1, 0.15) is 19.3 Å². The molecule has 98 valence electrons. The van der Waals surface area contributed by atoms with Crippen LogP contribution in [0.3, 0.4) is 0 Å². The lowest BCUT2D eigenvalue weighted by Crippen LogP contribution is -2.42. The normalized spacial score (nSPS) is 20.6. The first-order valence-corrected chi connectivity index (χ1v) is 6.75. The smallest absolute Gasteiger partial charge is 0.137 e. The highest BCUT2D eigenvalue weighted by Crippen LogP contribution is 2.17. The molecule has 1 aliphatic rings. The van der Waals surface area contributed by atoms with Crippen molar-refractivity contribution in [2.75, 3.05) is 19.7 Å². The summed E-state index contributed by atoms with van der Waals surface area (Å²) in [7, 11) is 0. The highest BCUT2D eigenvalue weighted by atomic mass is 35.5. The molecule has 0 amide bonds. The molecule has 1 saturated heterocycles. The first-order valence-electron chi connectivity index (χ1n) is 6.37. The maximum atomic E-state index is 10.9. The number of hydrogen-bond donors (Lipinski definition) is 0. The lowest BCUT2D eigenvalue weighted by Gasteiger charge is -2.31. The fourth-order valence-electron chi connectivity index (χ4n) is 2.26. The summed E-state index contributed by atoms with van der Waals surface area (Å²) in [4.78, 5) is 13.1. The molecule has 0 spiro atoms. The largest absolute Gasteiger partial charge is 0.492 e. The average molecular weight is 268 g/mol. The van der Waals surface area contributed by atoms with Gasteiger partial charge in [0.1, 0.15) is 18.6 Å². The molecule has 0 N–H and O–H groups in total. The average Bonchev–Trinajstić information content (AvgIpc) is 2.41. The Kier molecular flexibility index (Phi) is 5.02. The van der Waals surface area contributed by atoms with E-state index >= 15 is 0 Å². The van der Waals surface area contributed by atoms with E-state index in [2.05, 4.69) is 4.90 Å². The Hall–Kier alpha value is -1.06. The molecule has 1 atom stereocenters. The van der Waals surface area contributed by atoms with Gasteiger partial charge in [-0.1, -0.05) is 18.0 Å². The molecule has 0 saturated carbocycles. The van der Waals surface area contributed by atoms with E-state index in [1.807, 2.05) is 24.3 Å². The summed E-state index contributed by atoms with van der Waals surface area (Å²) in [5, 5.41) is 0.708. The zero-order valence-corrected chi connectivity index (χ0v) is 11.1. The van der Waals surface area contributed by atoms with Gasteiger partial charge in [-0.3, -0.25) is 4.90 Å². The molecule has 3 nitrogen and oxygen atoms in total. The number of benzene rings is 1. The van der Waals surface area contributed by atoms with Gasteiger partial charge in [0.25, 0.3) is 0 Å². The number of carbonyl (C=O) groups is 1. The van der Waals surface area contributed by atoms with Crippen LogP contribution in [0, 0.1) is 0 Å². The van der Waals surface area contributed by atoms with Crippen molar-refractivity contribution in [1.29, 1.82) is 0 Å². The van der Waals surface area contributed by atoms with Gasteiger partial charge in [-0.2, -0.15) is 0 Å². The third kappa shape index (κ3) is 3.72. The van der Waals surface area contributed by atoms with Crippen molar-refractivity contribution in [2.24, 2.45) is 0 Å². The lowest BCUT2D eigenvalue weighted by atomic mass is 10.0. The fraction of sp³-hybridized carbons (Fsp3) is 0.500. The third-order valence-electron chi connectivity index (χ3n) is 3.28. The number of ether oxygens (including phenoxy) is 1. The second-order valence-electron chi connectivity index (χ2n) is 4.54. The zero-order valence-electron chi connectivity index (χ0n) is 10.3. The van der Waals surface area contributed by atoms with Gasteiger partial charge < -0.3 is 9.53 Å². The third-order valence-corrected chi connectivity index (χ3v) is 3.53. The molecule has 1 heterocycles. The SMILES string of the molecule is O=CC1CCCCN1CCOc1ccc(Cl)cc1. The van der Waals surface area contributed by atoms with E-state index in [0.29, 0.717) is 11.6 Å². The predicted molar refractivity (Wildman–Crippen MR) is 72.2 cm³/mol. The van der Waals surface area contributed by atoms with Crippen LogP contribution in [0.25, 0.3) is 0 Å². The van der Waals surface area contributed by atoms with Crippen molar-refractivity contribution in [3.63, 3.8) is 0 Å². The molecule has 1 aromatic rings. The first kappa shape index (κ1) is 13.4. The molecule has 0 aliphatic carbocycles. The van der Waals surface area contributed by atoms with Crippen LogP contribution >= 0.6 is 11.6 Å². The van der Waals surface area contributed by atoms with E-state index in [0.717, 1.165) is 38.0 Å². The monoisotopic (exact) mass is 267 g/mol. The van der Waals surface area contributed by atoms with Crippen LogP contribution in [0.2, 0.25) is 5.02 Å². The lowest BCUT2D eigenvalue weighted by molar-refractivity contribution is -0.113. The molecule has 1 aliphatic heterocycles. The number of nitrogens with zero attached hydrogens (tertiary/aromatic N) is 1. The zero-order chi connectivity index (χ0) is 12.8. The Labute approximate surface area is 113 Å². The number of halogens is 1. The fourth-order valence-corrected chi connectivity index (χ4v) is 2.39. The van der Waals surface area contributed by atoms with E-state index in [4.69, 9.17) is 16.3 Å².